The molecule has 0 N–H and O–H groups in total. The van der Waals surface area contributed by atoms with Gasteiger partial charge >= 0.3 is 0 Å². The van der Waals surface area contributed by atoms with E-state index in [0.717, 1.165) is 6.07 Å². The lowest BCUT2D eigenvalue weighted by Crippen LogP contribution is -1.90. The van der Waals surface area contributed by atoms with E-state index < -0.39 is 20.7 Å². The molecule has 0 saturated carbocycles. The second kappa shape index (κ2) is 5.60. The fourth-order valence-corrected chi connectivity index (χ4v) is 1.69. The molecular weight excluding hydrogens is 245 g/mol. The molecule has 88 valence electrons. The molecule has 0 aliphatic heterocycles. The summed E-state index contributed by atoms with van der Waals surface area (Å²) in [6, 6.07) is 12.7. The summed E-state index contributed by atoms with van der Waals surface area (Å²) in [5.74, 6) is -1.48. The summed E-state index contributed by atoms with van der Waals surface area (Å²) in [6.07, 6.45) is 0. The molecule has 1 unspecified atom stereocenters. The average Bonchev–Trinajstić information content (AvgIpc) is 2.36. The van der Waals surface area contributed by atoms with Gasteiger partial charge in [0.15, 0.2) is 11.6 Å². The highest BCUT2D eigenvalue weighted by atomic mass is 31.1. The average molecular weight is 254 g/mol. The van der Waals surface area contributed by atoms with Gasteiger partial charge in [0, 0.05) is 0 Å². The second-order valence-corrected chi connectivity index (χ2v) is 3.73. The first-order valence-corrected chi connectivity index (χ1v) is 5.67. The summed E-state index contributed by atoms with van der Waals surface area (Å²) in [5, 5.41) is 0. The number of benzene rings is 2. The van der Waals surface area contributed by atoms with Crippen molar-refractivity contribution in [2.24, 2.45) is 0 Å². The van der Waals surface area contributed by atoms with Crippen LogP contribution in [-0.4, -0.2) is 0 Å². The van der Waals surface area contributed by atoms with Crippen molar-refractivity contribution in [3.8, 4) is 11.5 Å². The van der Waals surface area contributed by atoms with E-state index in [1.807, 2.05) is 18.2 Å². The van der Waals surface area contributed by atoms with Gasteiger partial charge in [-0.3, -0.25) is 0 Å². The highest BCUT2D eigenvalue weighted by Crippen LogP contribution is 2.27. The van der Waals surface area contributed by atoms with E-state index >= 15 is 0 Å². The largest absolute Gasteiger partial charge is 0.441 e. The van der Waals surface area contributed by atoms with Crippen LogP contribution in [0.2, 0.25) is 0 Å². The minimum atomic E-state index is -1.00. The molecule has 5 heteroatoms. The summed E-state index contributed by atoms with van der Waals surface area (Å²) in [5.41, 5.74) is 0. The maximum Gasteiger partial charge on any atom is 0.275 e. The zero-order chi connectivity index (χ0) is 12.1. The Kier molecular flexibility index (Phi) is 3.89. The summed E-state index contributed by atoms with van der Waals surface area (Å²) >= 11 is 0. The zero-order valence-corrected chi connectivity index (χ0v) is 9.69. The summed E-state index contributed by atoms with van der Waals surface area (Å²) < 4.78 is 36.2. The topological polar surface area (TPSA) is 18.5 Å². The molecule has 0 heterocycles. The Morgan fingerprint density at radius 2 is 1.59 bits per heavy atom. The van der Waals surface area contributed by atoms with Crippen molar-refractivity contribution in [2.75, 3.05) is 0 Å². The third-order valence-corrected chi connectivity index (χ3v) is 2.59. The summed E-state index contributed by atoms with van der Waals surface area (Å²) in [4.78, 5) is 0. The molecule has 0 radical (unpaired) electrons. The van der Waals surface area contributed by atoms with Gasteiger partial charge in [-0.15, -0.1) is 0 Å². The Morgan fingerprint density at radius 3 is 2.35 bits per heavy atom. The Bertz CT molecular complexity index is 491. The number of halogens is 2. The summed E-state index contributed by atoms with van der Waals surface area (Å²) in [6.45, 7) is 0. The SMILES string of the molecule is Fc1cccc(OPOc2ccccc2)c1F. The van der Waals surface area contributed by atoms with Gasteiger partial charge in [0.05, 0.1) is 0 Å². The number of hydrogen-bond donors (Lipinski definition) is 0. The smallest absolute Gasteiger partial charge is 0.275 e. The zero-order valence-electron chi connectivity index (χ0n) is 8.69. The highest BCUT2D eigenvalue weighted by Gasteiger charge is 2.08. The minimum absolute atomic E-state index is 0.153. The van der Waals surface area contributed by atoms with Gasteiger partial charge in [-0.05, 0) is 24.3 Å². The van der Waals surface area contributed by atoms with E-state index in [-0.39, 0.29) is 5.75 Å². The van der Waals surface area contributed by atoms with E-state index in [0.29, 0.717) is 5.75 Å². The first-order chi connectivity index (χ1) is 8.27. The molecule has 0 aliphatic carbocycles. The lowest BCUT2D eigenvalue weighted by molar-refractivity contribution is 0.449. The monoisotopic (exact) mass is 254 g/mol. The number of para-hydroxylation sites is 1. The van der Waals surface area contributed by atoms with Gasteiger partial charge in [0.2, 0.25) is 5.82 Å². The van der Waals surface area contributed by atoms with E-state index in [1.54, 1.807) is 12.1 Å². The van der Waals surface area contributed by atoms with Crippen LogP contribution in [0.3, 0.4) is 0 Å². The Morgan fingerprint density at radius 1 is 0.824 bits per heavy atom. The third kappa shape index (κ3) is 3.14. The molecule has 0 bridgehead atoms. The highest BCUT2D eigenvalue weighted by molar-refractivity contribution is 7.27. The van der Waals surface area contributed by atoms with Crippen LogP contribution in [0.4, 0.5) is 8.78 Å². The second-order valence-electron chi connectivity index (χ2n) is 3.15. The van der Waals surface area contributed by atoms with Gasteiger partial charge < -0.3 is 9.05 Å². The van der Waals surface area contributed by atoms with Crippen LogP contribution in [-0.2, 0) is 0 Å². The third-order valence-electron chi connectivity index (χ3n) is 1.97. The molecule has 2 aromatic rings. The van der Waals surface area contributed by atoms with Crippen molar-refractivity contribution in [2.45, 2.75) is 0 Å². The molecule has 0 amide bonds. The first-order valence-electron chi connectivity index (χ1n) is 4.85. The van der Waals surface area contributed by atoms with Crippen LogP contribution < -0.4 is 9.05 Å². The van der Waals surface area contributed by atoms with Crippen molar-refractivity contribution >= 4 is 9.03 Å². The molecule has 2 nitrogen and oxygen atoms in total. The molecular formula is C12H9F2O2P. The predicted octanol–water partition coefficient (Wildman–Crippen LogP) is 3.93. The normalized spacial score (nSPS) is 10.7. The van der Waals surface area contributed by atoms with Gasteiger partial charge in [-0.1, -0.05) is 24.3 Å². The molecule has 0 spiro atoms. The molecule has 17 heavy (non-hydrogen) atoms. The predicted molar refractivity (Wildman–Crippen MR) is 62.4 cm³/mol. The molecule has 2 aromatic carbocycles. The summed E-state index contributed by atoms with van der Waals surface area (Å²) in [7, 11) is -0.427. The van der Waals surface area contributed by atoms with Crippen LogP contribution in [0.15, 0.2) is 48.5 Å². The Hall–Kier alpha value is -1.67. The number of rotatable bonds is 4. The van der Waals surface area contributed by atoms with Gasteiger partial charge in [0.1, 0.15) is 5.75 Å². The van der Waals surface area contributed by atoms with Gasteiger partial charge in [-0.2, -0.15) is 4.39 Å². The lowest BCUT2D eigenvalue weighted by atomic mass is 10.3. The van der Waals surface area contributed by atoms with Crippen molar-refractivity contribution in [3.63, 3.8) is 0 Å². The van der Waals surface area contributed by atoms with E-state index in [9.17, 15) is 8.78 Å². The quantitative estimate of drug-likeness (QED) is 0.769. The maximum absolute atomic E-state index is 13.2. The Labute approximate surface area is 99.1 Å². The fraction of sp³-hybridized carbons (Fsp3) is 0. The molecule has 0 aromatic heterocycles. The van der Waals surface area contributed by atoms with Crippen molar-refractivity contribution in [1.82, 2.24) is 0 Å². The van der Waals surface area contributed by atoms with Crippen LogP contribution in [0.25, 0.3) is 0 Å². The molecule has 2 rings (SSSR count). The Balaban J connectivity index is 1.93. The van der Waals surface area contributed by atoms with Crippen LogP contribution in [0, 0.1) is 11.6 Å². The minimum Gasteiger partial charge on any atom is -0.441 e. The van der Waals surface area contributed by atoms with E-state index in [2.05, 4.69) is 0 Å². The van der Waals surface area contributed by atoms with Crippen molar-refractivity contribution in [3.05, 3.63) is 60.2 Å². The number of hydrogen-bond acceptors (Lipinski definition) is 2. The lowest BCUT2D eigenvalue weighted by Gasteiger charge is -2.07. The van der Waals surface area contributed by atoms with Crippen LogP contribution >= 0.6 is 9.03 Å². The van der Waals surface area contributed by atoms with Crippen molar-refractivity contribution < 1.29 is 17.8 Å². The molecule has 0 saturated heterocycles. The van der Waals surface area contributed by atoms with Crippen LogP contribution in [0.1, 0.15) is 0 Å². The van der Waals surface area contributed by atoms with E-state index in [1.165, 1.54) is 12.1 Å². The fourth-order valence-electron chi connectivity index (χ4n) is 1.17. The standard InChI is InChI=1S/C12H9F2O2P/c13-10-7-4-8-11(12(10)14)16-17-15-9-5-2-1-3-6-9/h1-8,17H. The van der Waals surface area contributed by atoms with Crippen molar-refractivity contribution in [1.29, 1.82) is 0 Å². The molecule has 0 aliphatic rings. The van der Waals surface area contributed by atoms with Gasteiger partial charge in [-0.25, -0.2) is 4.39 Å². The molecule has 0 fully saturated rings. The molecule has 1 atom stereocenters. The first kappa shape index (κ1) is 11.8. The van der Waals surface area contributed by atoms with E-state index in [4.69, 9.17) is 9.05 Å². The van der Waals surface area contributed by atoms with Crippen LogP contribution in [0.5, 0.6) is 11.5 Å². The van der Waals surface area contributed by atoms with Gasteiger partial charge in [0.25, 0.3) is 9.03 Å². The maximum atomic E-state index is 13.2.